The van der Waals surface area contributed by atoms with E-state index in [0.29, 0.717) is 6.61 Å². The minimum absolute atomic E-state index is 0.549. The third kappa shape index (κ3) is 2.39. The summed E-state index contributed by atoms with van der Waals surface area (Å²) in [5, 5.41) is 0. The molecule has 0 amide bonds. The molecule has 1 atom stereocenters. The van der Waals surface area contributed by atoms with E-state index >= 15 is 0 Å². The van der Waals surface area contributed by atoms with Crippen LogP contribution in [-0.4, -0.2) is 6.61 Å². The van der Waals surface area contributed by atoms with Crippen molar-refractivity contribution < 1.29 is 4.74 Å². The molecule has 2 N–H and O–H groups in total. The lowest BCUT2D eigenvalue weighted by Gasteiger charge is -2.28. The summed E-state index contributed by atoms with van der Waals surface area (Å²) in [5.41, 5.74) is 8.05. The molecule has 0 saturated heterocycles. The minimum atomic E-state index is -0.549. The first-order chi connectivity index (χ1) is 8.66. The molecule has 1 unspecified atom stereocenters. The fourth-order valence-corrected chi connectivity index (χ4v) is 2.12. The van der Waals surface area contributed by atoms with Crippen LogP contribution in [0.1, 0.15) is 25.0 Å². The smallest absolute Gasteiger partial charge is 0.124 e. The van der Waals surface area contributed by atoms with Crippen LogP contribution in [0.3, 0.4) is 0 Å². The molecule has 2 aromatic carbocycles. The number of hydrogen-bond donors (Lipinski definition) is 1. The van der Waals surface area contributed by atoms with Crippen molar-refractivity contribution in [2.75, 3.05) is 6.61 Å². The van der Waals surface area contributed by atoms with E-state index in [1.54, 1.807) is 0 Å². The van der Waals surface area contributed by atoms with Crippen LogP contribution in [0.25, 0.3) is 0 Å². The Balaban J connectivity index is 2.47. The summed E-state index contributed by atoms with van der Waals surface area (Å²) in [7, 11) is 0. The van der Waals surface area contributed by atoms with Gasteiger partial charge in [-0.1, -0.05) is 48.5 Å². The Kier molecular flexibility index (Phi) is 3.68. The van der Waals surface area contributed by atoms with Crippen molar-refractivity contribution in [3.63, 3.8) is 0 Å². The van der Waals surface area contributed by atoms with E-state index in [1.165, 1.54) is 0 Å². The zero-order valence-electron chi connectivity index (χ0n) is 10.9. The van der Waals surface area contributed by atoms with E-state index < -0.39 is 5.54 Å². The number of ether oxygens (including phenoxy) is 1. The van der Waals surface area contributed by atoms with Gasteiger partial charge in [0.05, 0.1) is 12.1 Å². The lowest BCUT2D eigenvalue weighted by atomic mass is 9.85. The molecular formula is C16H19NO. The van der Waals surface area contributed by atoms with Gasteiger partial charge in [-0.3, -0.25) is 0 Å². The van der Waals surface area contributed by atoms with Gasteiger partial charge in [-0.05, 0) is 25.5 Å². The van der Waals surface area contributed by atoms with Gasteiger partial charge < -0.3 is 10.5 Å². The van der Waals surface area contributed by atoms with Crippen LogP contribution in [-0.2, 0) is 5.54 Å². The first kappa shape index (κ1) is 12.7. The molecule has 2 nitrogen and oxygen atoms in total. The van der Waals surface area contributed by atoms with E-state index in [1.807, 2.05) is 68.4 Å². The van der Waals surface area contributed by atoms with Crippen molar-refractivity contribution in [2.24, 2.45) is 5.73 Å². The SMILES string of the molecule is CCOc1ccccc1C(C)(N)c1ccccc1. The number of nitrogens with two attached hydrogens (primary N) is 1. The molecule has 2 aromatic rings. The summed E-state index contributed by atoms with van der Waals surface area (Å²) in [6.07, 6.45) is 0. The highest BCUT2D eigenvalue weighted by Gasteiger charge is 2.26. The number of benzene rings is 2. The highest BCUT2D eigenvalue weighted by Crippen LogP contribution is 2.33. The summed E-state index contributed by atoms with van der Waals surface area (Å²) in [6.45, 7) is 4.63. The Morgan fingerprint density at radius 3 is 2.28 bits per heavy atom. The van der Waals surface area contributed by atoms with Crippen LogP contribution in [0, 0.1) is 0 Å². The van der Waals surface area contributed by atoms with Crippen molar-refractivity contribution in [3.8, 4) is 5.75 Å². The van der Waals surface area contributed by atoms with Crippen LogP contribution in [0.2, 0.25) is 0 Å². The minimum Gasteiger partial charge on any atom is -0.494 e. The van der Waals surface area contributed by atoms with Crippen LogP contribution in [0.5, 0.6) is 5.75 Å². The van der Waals surface area contributed by atoms with Crippen molar-refractivity contribution in [3.05, 3.63) is 65.7 Å². The number of para-hydroxylation sites is 1. The summed E-state index contributed by atoms with van der Waals surface area (Å²) in [4.78, 5) is 0. The average molecular weight is 241 g/mol. The molecule has 18 heavy (non-hydrogen) atoms. The van der Waals surface area contributed by atoms with Crippen LogP contribution < -0.4 is 10.5 Å². The predicted octanol–water partition coefficient (Wildman–Crippen LogP) is 3.31. The lowest BCUT2D eigenvalue weighted by Crippen LogP contribution is -2.34. The van der Waals surface area contributed by atoms with Gasteiger partial charge in [0.2, 0.25) is 0 Å². The quantitative estimate of drug-likeness (QED) is 0.891. The maximum atomic E-state index is 6.51. The lowest BCUT2D eigenvalue weighted by molar-refractivity contribution is 0.330. The van der Waals surface area contributed by atoms with Gasteiger partial charge >= 0.3 is 0 Å². The topological polar surface area (TPSA) is 35.2 Å². The van der Waals surface area contributed by atoms with Gasteiger partial charge in [-0.15, -0.1) is 0 Å². The summed E-state index contributed by atoms with van der Waals surface area (Å²) < 4.78 is 5.66. The molecule has 0 aliphatic rings. The number of rotatable bonds is 4. The Morgan fingerprint density at radius 1 is 1.00 bits per heavy atom. The van der Waals surface area contributed by atoms with E-state index in [0.717, 1.165) is 16.9 Å². The van der Waals surface area contributed by atoms with Crippen molar-refractivity contribution in [2.45, 2.75) is 19.4 Å². The van der Waals surface area contributed by atoms with E-state index in [9.17, 15) is 0 Å². The summed E-state index contributed by atoms with van der Waals surface area (Å²) in [5.74, 6) is 0.855. The maximum Gasteiger partial charge on any atom is 0.124 e. The molecule has 0 heterocycles. The zero-order chi connectivity index (χ0) is 13.0. The second-order valence-corrected chi connectivity index (χ2v) is 4.50. The van der Waals surface area contributed by atoms with Crippen molar-refractivity contribution in [1.29, 1.82) is 0 Å². The predicted molar refractivity (Wildman–Crippen MR) is 74.7 cm³/mol. The highest BCUT2D eigenvalue weighted by molar-refractivity contribution is 5.45. The Morgan fingerprint density at radius 2 is 1.61 bits per heavy atom. The molecular weight excluding hydrogens is 222 g/mol. The van der Waals surface area contributed by atoms with Gasteiger partial charge in [-0.2, -0.15) is 0 Å². The third-order valence-electron chi connectivity index (χ3n) is 3.12. The molecule has 0 radical (unpaired) electrons. The standard InChI is InChI=1S/C16H19NO/c1-3-18-15-12-8-7-11-14(15)16(2,17)13-9-5-4-6-10-13/h4-12H,3,17H2,1-2H3. The third-order valence-corrected chi connectivity index (χ3v) is 3.12. The summed E-state index contributed by atoms with van der Waals surface area (Å²) >= 11 is 0. The Labute approximate surface area is 108 Å². The van der Waals surface area contributed by atoms with E-state index in [-0.39, 0.29) is 0 Å². The molecule has 94 valence electrons. The molecule has 2 heteroatoms. The fraction of sp³-hybridized carbons (Fsp3) is 0.250. The van der Waals surface area contributed by atoms with Crippen LogP contribution >= 0.6 is 0 Å². The molecule has 0 bridgehead atoms. The van der Waals surface area contributed by atoms with Crippen LogP contribution in [0.15, 0.2) is 54.6 Å². The summed E-state index contributed by atoms with van der Waals surface area (Å²) in [6, 6.07) is 18.0. The highest BCUT2D eigenvalue weighted by atomic mass is 16.5. The molecule has 0 spiro atoms. The van der Waals surface area contributed by atoms with Crippen molar-refractivity contribution >= 4 is 0 Å². The van der Waals surface area contributed by atoms with Gasteiger partial charge in [0, 0.05) is 5.56 Å². The second kappa shape index (κ2) is 5.23. The van der Waals surface area contributed by atoms with Crippen LogP contribution in [0.4, 0.5) is 0 Å². The second-order valence-electron chi connectivity index (χ2n) is 4.50. The molecule has 0 aliphatic heterocycles. The molecule has 2 rings (SSSR count). The fourth-order valence-electron chi connectivity index (χ4n) is 2.12. The average Bonchev–Trinajstić information content (AvgIpc) is 2.41. The van der Waals surface area contributed by atoms with E-state index in [4.69, 9.17) is 10.5 Å². The first-order valence-electron chi connectivity index (χ1n) is 6.23. The first-order valence-corrected chi connectivity index (χ1v) is 6.23. The molecule has 0 fully saturated rings. The van der Waals surface area contributed by atoms with Crippen molar-refractivity contribution in [1.82, 2.24) is 0 Å². The van der Waals surface area contributed by atoms with Gasteiger partial charge in [0.15, 0.2) is 0 Å². The zero-order valence-corrected chi connectivity index (χ0v) is 10.9. The van der Waals surface area contributed by atoms with E-state index in [2.05, 4.69) is 0 Å². The largest absolute Gasteiger partial charge is 0.494 e. The van der Waals surface area contributed by atoms with Gasteiger partial charge in [0.25, 0.3) is 0 Å². The molecule has 0 aliphatic carbocycles. The van der Waals surface area contributed by atoms with Gasteiger partial charge in [-0.25, -0.2) is 0 Å². The molecule has 0 aromatic heterocycles. The Hall–Kier alpha value is -1.80. The normalized spacial score (nSPS) is 13.9. The monoisotopic (exact) mass is 241 g/mol. The Bertz CT molecular complexity index is 506. The maximum absolute atomic E-state index is 6.51. The molecule has 0 saturated carbocycles. The number of hydrogen-bond acceptors (Lipinski definition) is 2. The van der Waals surface area contributed by atoms with Gasteiger partial charge in [0.1, 0.15) is 5.75 Å².